The summed E-state index contributed by atoms with van der Waals surface area (Å²) in [7, 11) is 0. The average molecular weight is 439 g/mol. The van der Waals surface area contributed by atoms with Gasteiger partial charge in [-0.15, -0.1) is 11.3 Å². The first kappa shape index (κ1) is 21.3. The lowest BCUT2D eigenvalue weighted by Crippen LogP contribution is -2.16. The molecule has 2 heterocycles. The van der Waals surface area contributed by atoms with Crippen molar-refractivity contribution in [1.82, 2.24) is 4.98 Å². The molecule has 0 aliphatic carbocycles. The molecular formula is C24H26N2O4S. The summed E-state index contributed by atoms with van der Waals surface area (Å²) in [4.78, 5) is 17.1. The van der Waals surface area contributed by atoms with Gasteiger partial charge >= 0.3 is 0 Å². The van der Waals surface area contributed by atoms with Crippen LogP contribution in [0, 0.1) is 0 Å². The van der Waals surface area contributed by atoms with Crippen LogP contribution in [-0.2, 0) is 4.74 Å². The number of hydrogen-bond donors (Lipinski definition) is 1. The van der Waals surface area contributed by atoms with E-state index in [0.717, 1.165) is 48.6 Å². The van der Waals surface area contributed by atoms with Gasteiger partial charge in [-0.25, -0.2) is 4.98 Å². The molecule has 31 heavy (non-hydrogen) atoms. The van der Waals surface area contributed by atoms with Crippen LogP contribution in [0.4, 0.5) is 5.13 Å². The summed E-state index contributed by atoms with van der Waals surface area (Å²) in [6, 6.07) is 14.9. The third kappa shape index (κ3) is 5.83. The minimum Gasteiger partial charge on any atom is -0.494 e. The number of nitrogens with zero attached hydrogens (tertiary/aromatic N) is 1. The molecule has 7 heteroatoms. The number of anilines is 1. The van der Waals surface area contributed by atoms with Crippen LogP contribution < -0.4 is 14.8 Å². The highest BCUT2D eigenvalue weighted by Gasteiger charge is 2.16. The molecule has 1 fully saturated rings. The number of carbonyl (C=O) groups is 1. The molecule has 0 radical (unpaired) electrons. The summed E-state index contributed by atoms with van der Waals surface area (Å²) >= 11 is 1.40. The third-order valence-corrected chi connectivity index (χ3v) is 5.68. The van der Waals surface area contributed by atoms with Gasteiger partial charge < -0.3 is 14.2 Å². The van der Waals surface area contributed by atoms with E-state index in [2.05, 4.69) is 17.2 Å². The van der Waals surface area contributed by atoms with Gasteiger partial charge in [-0.3, -0.25) is 10.1 Å². The Morgan fingerprint density at radius 3 is 2.58 bits per heavy atom. The zero-order valence-electron chi connectivity index (χ0n) is 17.5. The van der Waals surface area contributed by atoms with E-state index in [1.54, 1.807) is 24.3 Å². The van der Waals surface area contributed by atoms with Crippen LogP contribution in [0.2, 0.25) is 0 Å². The van der Waals surface area contributed by atoms with E-state index in [1.807, 2.05) is 29.6 Å². The van der Waals surface area contributed by atoms with Crippen LogP contribution in [0.15, 0.2) is 53.9 Å². The Labute approximate surface area is 186 Å². The molecule has 1 aliphatic rings. The van der Waals surface area contributed by atoms with Gasteiger partial charge in [0.2, 0.25) is 0 Å². The SMILES string of the molecule is CCCOc1ccc(-c2csc(NC(=O)c3ccc(OCC4CCCO4)cc3)n2)cc1. The van der Waals surface area contributed by atoms with Crippen LogP contribution in [0.25, 0.3) is 11.3 Å². The molecule has 1 unspecified atom stereocenters. The third-order valence-electron chi connectivity index (χ3n) is 4.92. The summed E-state index contributed by atoms with van der Waals surface area (Å²) in [5.74, 6) is 1.38. The largest absolute Gasteiger partial charge is 0.494 e. The van der Waals surface area contributed by atoms with Crippen molar-refractivity contribution < 1.29 is 19.0 Å². The molecule has 1 saturated heterocycles. The number of rotatable bonds is 9. The Hall–Kier alpha value is -2.90. The second kappa shape index (κ2) is 10.4. The molecule has 2 aromatic carbocycles. The number of aromatic nitrogens is 1. The van der Waals surface area contributed by atoms with E-state index >= 15 is 0 Å². The van der Waals surface area contributed by atoms with E-state index < -0.39 is 0 Å². The first-order chi connectivity index (χ1) is 15.2. The minimum absolute atomic E-state index is 0.169. The summed E-state index contributed by atoms with van der Waals surface area (Å²) in [6.07, 6.45) is 3.27. The molecule has 1 aromatic heterocycles. The molecular weight excluding hydrogens is 412 g/mol. The number of hydrogen-bond acceptors (Lipinski definition) is 6. The monoisotopic (exact) mass is 438 g/mol. The lowest BCUT2D eigenvalue weighted by atomic mass is 10.2. The fraction of sp³-hybridized carbons (Fsp3) is 0.333. The maximum Gasteiger partial charge on any atom is 0.257 e. The molecule has 1 amide bonds. The number of thiazole rings is 1. The molecule has 0 bridgehead atoms. The van der Waals surface area contributed by atoms with Crippen molar-refractivity contribution >= 4 is 22.4 Å². The van der Waals surface area contributed by atoms with Gasteiger partial charge in [-0.2, -0.15) is 0 Å². The molecule has 4 rings (SSSR count). The van der Waals surface area contributed by atoms with Gasteiger partial charge in [0.1, 0.15) is 18.1 Å². The Morgan fingerprint density at radius 2 is 1.87 bits per heavy atom. The molecule has 0 saturated carbocycles. The number of carbonyl (C=O) groups excluding carboxylic acids is 1. The predicted molar refractivity (Wildman–Crippen MR) is 122 cm³/mol. The number of amides is 1. The summed E-state index contributed by atoms with van der Waals surface area (Å²) in [5.41, 5.74) is 2.35. The van der Waals surface area contributed by atoms with Gasteiger partial charge in [0, 0.05) is 23.1 Å². The van der Waals surface area contributed by atoms with E-state index in [4.69, 9.17) is 14.2 Å². The van der Waals surface area contributed by atoms with Crippen LogP contribution in [-0.4, -0.2) is 36.8 Å². The summed E-state index contributed by atoms with van der Waals surface area (Å²) < 4.78 is 16.9. The van der Waals surface area contributed by atoms with Gasteiger partial charge in [-0.05, 0) is 67.8 Å². The standard InChI is InChI=1S/C24H26N2O4S/c1-2-13-28-19-9-5-17(6-10-19)22-16-31-24(25-22)26-23(27)18-7-11-20(12-8-18)30-15-21-4-3-14-29-21/h5-12,16,21H,2-4,13-15H2,1H3,(H,25,26,27). The maximum absolute atomic E-state index is 12.6. The zero-order valence-corrected chi connectivity index (χ0v) is 18.3. The predicted octanol–water partition coefficient (Wildman–Crippen LogP) is 5.41. The second-order valence-electron chi connectivity index (χ2n) is 7.34. The maximum atomic E-state index is 12.6. The number of nitrogens with one attached hydrogen (secondary N) is 1. The van der Waals surface area contributed by atoms with Gasteiger partial charge in [0.15, 0.2) is 5.13 Å². The Kier molecular flexibility index (Phi) is 7.17. The van der Waals surface area contributed by atoms with Crippen molar-refractivity contribution in [3.8, 4) is 22.8 Å². The second-order valence-corrected chi connectivity index (χ2v) is 8.19. The van der Waals surface area contributed by atoms with Crippen molar-refractivity contribution in [1.29, 1.82) is 0 Å². The quantitative estimate of drug-likeness (QED) is 0.484. The smallest absolute Gasteiger partial charge is 0.257 e. The fourth-order valence-electron chi connectivity index (χ4n) is 3.24. The van der Waals surface area contributed by atoms with Crippen molar-refractivity contribution in [2.24, 2.45) is 0 Å². The highest BCUT2D eigenvalue weighted by Crippen LogP contribution is 2.27. The molecule has 0 spiro atoms. The van der Waals surface area contributed by atoms with Gasteiger partial charge in [0.05, 0.1) is 18.4 Å². The minimum atomic E-state index is -0.199. The van der Waals surface area contributed by atoms with E-state index in [9.17, 15) is 4.79 Å². The molecule has 3 aromatic rings. The first-order valence-corrected chi connectivity index (χ1v) is 11.4. The lowest BCUT2D eigenvalue weighted by molar-refractivity contribution is 0.0679. The van der Waals surface area contributed by atoms with E-state index in [-0.39, 0.29) is 12.0 Å². The van der Waals surface area contributed by atoms with Gasteiger partial charge in [-0.1, -0.05) is 6.92 Å². The normalized spacial score (nSPS) is 15.6. The number of benzene rings is 2. The van der Waals surface area contributed by atoms with E-state index in [0.29, 0.717) is 23.9 Å². The summed E-state index contributed by atoms with van der Waals surface area (Å²) in [5, 5.41) is 5.36. The summed E-state index contributed by atoms with van der Waals surface area (Å²) in [6.45, 7) is 4.13. The zero-order chi connectivity index (χ0) is 21.5. The topological polar surface area (TPSA) is 69.7 Å². The van der Waals surface area contributed by atoms with Crippen LogP contribution in [0.5, 0.6) is 11.5 Å². The molecule has 1 aliphatic heterocycles. The fourth-order valence-corrected chi connectivity index (χ4v) is 3.96. The molecule has 162 valence electrons. The lowest BCUT2D eigenvalue weighted by Gasteiger charge is -2.11. The van der Waals surface area contributed by atoms with E-state index in [1.165, 1.54) is 11.3 Å². The highest BCUT2D eigenvalue weighted by atomic mass is 32.1. The molecule has 6 nitrogen and oxygen atoms in total. The Balaban J connectivity index is 1.32. The number of ether oxygens (including phenoxy) is 3. The Morgan fingerprint density at radius 1 is 1.13 bits per heavy atom. The Bertz CT molecular complexity index is 980. The van der Waals surface area contributed by atoms with Gasteiger partial charge in [0.25, 0.3) is 5.91 Å². The van der Waals surface area contributed by atoms with Crippen molar-refractivity contribution in [2.45, 2.75) is 32.3 Å². The first-order valence-electron chi connectivity index (χ1n) is 10.6. The van der Waals surface area contributed by atoms with Crippen molar-refractivity contribution in [2.75, 3.05) is 25.1 Å². The molecule has 1 atom stereocenters. The van der Waals surface area contributed by atoms with Crippen LogP contribution in [0.1, 0.15) is 36.5 Å². The van der Waals surface area contributed by atoms with Crippen LogP contribution >= 0.6 is 11.3 Å². The van der Waals surface area contributed by atoms with Crippen molar-refractivity contribution in [3.63, 3.8) is 0 Å². The van der Waals surface area contributed by atoms with Crippen LogP contribution in [0.3, 0.4) is 0 Å². The molecule has 1 N–H and O–H groups in total. The average Bonchev–Trinajstić information content (AvgIpc) is 3.49. The van der Waals surface area contributed by atoms with Crippen molar-refractivity contribution in [3.05, 3.63) is 59.5 Å². The highest BCUT2D eigenvalue weighted by molar-refractivity contribution is 7.14.